The number of pyridine rings is 1. The Bertz CT molecular complexity index is 519. The molecule has 7 nitrogen and oxygen atoms in total. The monoisotopic (exact) mass is 280 g/mol. The van der Waals surface area contributed by atoms with Crippen molar-refractivity contribution in [2.75, 3.05) is 27.4 Å². The van der Waals surface area contributed by atoms with Crippen LogP contribution in [0.2, 0.25) is 0 Å². The highest BCUT2D eigenvalue weighted by molar-refractivity contribution is 5.96. The summed E-state index contributed by atoms with van der Waals surface area (Å²) >= 11 is 0. The quantitative estimate of drug-likeness (QED) is 0.851. The number of carbonyl (C=O) groups is 2. The summed E-state index contributed by atoms with van der Waals surface area (Å²) in [4.78, 5) is 28.9. The van der Waals surface area contributed by atoms with Gasteiger partial charge in [-0.1, -0.05) is 0 Å². The molecule has 0 bridgehead atoms. The number of hydrogen-bond donors (Lipinski definition) is 1. The van der Waals surface area contributed by atoms with Gasteiger partial charge < -0.3 is 19.5 Å². The number of ether oxygens (including phenoxy) is 2. The highest BCUT2D eigenvalue weighted by Crippen LogP contribution is 2.23. The number of carbonyl (C=O) groups excluding carboxylic acids is 1. The van der Waals surface area contributed by atoms with E-state index in [9.17, 15) is 9.59 Å². The van der Waals surface area contributed by atoms with Crippen molar-refractivity contribution in [1.29, 1.82) is 0 Å². The zero-order chi connectivity index (χ0) is 14.7. The Morgan fingerprint density at radius 1 is 1.50 bits per heavy atom. The Hall–Kier alpha value is -2.15. The summed E-state index contributed by atoms with van der Waals surface area (Å²) in [6.45, 7) is 0.323. The van der Waals surface area contributed by atoms with Gasteiger partial charge in [0.15, 0.2) is 0 Å². The number of amides is 1. The van der Waals surface area contributed by atoms with E-state index < -0.39 is 17.9 Å². The topological polar surface area (TPSA) is 89.0 Å². The summed E-state index contributed by atoms with van der Waals surface area (Å²) in [6, 6.07) is 2.73. The van der Waals surface area contributed by atoms with E-state index in [1.54, 1.807) is 19.2 Å². The number of carboxylic acids is 1. The van der Waals surface area contributed by atoms with Crippen LogP contribution in [0.5, 0.6) is 5.88 Å². The van der Waals surface area contributed by atoms with Crippen LogP contribution < -0.4 is 4.74 Å². The van der Waals surface area contributed by atoms with E-state index in [1.807, 2.05) is 0 Å². The van der Waals surface area contributed by atoms with Crippen LogP contribution in [-0.4, -0.2) is 60.3 Å². The van der Waals surface area contributed by atoms with Crippen LogP contribution in [0, 0.1) is 5.92 Å². The molecule has 0 aliphatic carbocycles. The Morgan fingerprint density at radius 2 is 2.25 bits per heavy atom. The molecule has 20 heavy (non-hydrogen) atoms. The number of methoxy groups -OCH3 is 1. The fraction of sp³-hybridized carbons (Fsp3) is 0.462. The lowest BCUT2D eigenvalue weighted by atomic mass is 10.0. The molecular weight excluding hydrogens is 264 g/mol. The molecule has 1 amide bonds. The van der Waals surface area contributed by atoms with Gasteiger partial charge in [0.1, 0.15) is 11.5 Å². The SMILES string of the molecule is COc1ncccc1C(=O)N(C)C1COCC1C(=O)O. The Labute approximate surface area is 116 Å². The number of aliphatic carboxylic acids is 1. The molecular formula is C13H16N2O5. The van der Waals surface area contributed by atoms with E-state index >= 15 is 0 Å². The Kier molecular flexibility index (Phi) is 4.19. The van der Waals surface area contributed by atoms with Crippen molar-refractivity contribution in [2.24, 2.45) is 5.92 Å². The maximum Gasteiger partial charge on any atom is 0.311 e. The van der Waals surface area contributed by atoms with E-state index in [0.29, 0.717) is 5.56 Å². The molecule has 2 heterocycles. The molecule has 1 aliphatic heterocycles. The predicted molar refractivity (Wildman–Crippen MR) is 68.6 cm³/mol. The van der Waals surface area contributed by atoms with Gasteiger partial charge in [0.2, 0.25) is 5.88 Å². The molecule has 1 aliphatic rings. The highest BCUT2D eigenvalue weighted by atomic mass is 16.5. The van der Waals surface area contributed by atoms with Gasteiger partial charge in [-0.3, -0.25) is 9.59 Å². The second-order valence-corrected chi connectivity index (χ2v) is 4.53. The fourth-order valence-corrected chi connectivity index (χ4v) is 2.22. The molecule has 2 unspecified atom stereocenters. The minimum Gasteiger partial charge on any atom is -0.481 e. The first kappa shape index (κ1) is 14.3. The maximum atomic E-state index is 12.4. The highest BCUT2D eigenvalue weighted by Gasteiger charge is 2.39. The molecule has 1 aromatic heterocycles. The molecule has 0 spiro atoms. The van der Waals surface area contributed by atoms with Crippen LogP contribution >= 0.6 is 0 Å². The zero-order valence-electron chi connectivity index (χ0n) is 11.3. The second kappa shape index (κ2) is 5.87. The molecule has 2 atom stereocenters. The number of nitrogens with zero attached hydrogens (tertiary/aromatic N) is 2. The summed E-state index contributed by atoms with van der Waals surface area (Å²) < 4.78 is 10.2. The summed E-state index contributed by atoms with van der Waals surface area (Å²) in [7, 11) is 2.99. The summed E-state index contributed by atoms with van der Waals surface area (Å²) in [5, 5.41) is 9.13. The van der Waals surface area contributed by atoms with E-state index in [-0.39, 0.29) is 25.0 Å². The molecule has 108 valence electrons. The van der Waals surface area contributed by atoms with Gasteiger partial charge in [0.25, 0.3) is 5.91 Å². The van der Waals surface area contributed by atoms with Crippen LogP contribution in [-0.2, 0) is 9.53 Å². The Morgan fingerprint density at radius 3 is 2.90 bits per heavy atom. The maximum absolute atomic E-state index is 12.4. The van der Waals surface area contributed by atoms with Crippen molar-refractivity contribution in [3.05, 3.63) is 23.9 Å². The van der Waals surface area contributed by atoms with Gasteiger partial charge in [0.05, 0.1) is 26.4 Å². The first-order chi connectivity index (χ1) is 9.56. The van der Waals surface area contributed by atoms with E-state index in [1.165, 1.54) is 18.2 Å². The third-order valence-electron chi connectivity index (χ3n) is 3.38. The van der Waals surface area contributed by atoms with Crippen molar-refractivity contribution < 1.29 is 24.2 Å². The number of aromatic nitrogens is 1. The lowest BCUT2D eigenvalue weighted by Crippen LogP contribution is -2.44. The average Bonchev–Trinajstić information content (AvgIpc) is 2.95. The third kappa shape index (κ3) is 2.57. The lowest BCUT2D eigenvalue weighted by Gasteiger charge is -2.26. The largest absolute Gasteiger partial charge is 0.481 e. The standard InChI is InChI=1S/C13H16N2O5/c1-15(10-7-20-6-9(10)13(17)18)12(16)8-4-3-5-14-11(8)19-2/h3-5,9-10H,6-7H2,1-2H3,(H,17,18). The molecule has 0 radical (unpaired) electrons. The van der Waals surface area contributed by atoms with Crippen LogP contribution in [0.25, 0.3) is 0 Å². The van der Waals surface area contributed by atoms with E-state index in [4.69, 9.17) is 14.6 Å². The van der Waals surface area contributed by atoms with Crippen LogP contribution in [0.4, 0.5) is 0 Å². The molecule has 1 N–H and O–H groups in total. The first-order valence-electron chi connectivity index (χ1n) is 6.13. The molecule has 7 heteroatoms. The molecule has 1 saturated heterocycles. The van der Waals surface area contributed by atoms with E-state index in [0.717, 1.165) is 0 Å². The summed E-state index contributed by atoms with van der Waals surface area (Å²) in [6.07, 6.45) is 1.52. The molecule has 1 aromatic rings. The number of hydrogen-bond acceptors (Lipinski definition) is 5. The van der Waals surface area contributed by atoms with Gasteiger partial charge in [-0.2, -0.15) is 0 Å². The minimum atomic E-state index is -0.967. The number of likely N-dealkylation sites (N-methyl/N-ethyl adjacent to an activating group) is 1. The van der Waals surface area contributed by atoms with Crippen molar-refractivity contribution in [3.63, 3.8) is 0 Å². The van der Waals surface area contributed by atoms with Gasteiger partial charge in [-0.05, 0) is 12.1 Å². The summed E-state index contributed by atoms with van der Waals surface area (Å²) in [5.74, 6) is -1.80. The van der Waals surface area contributed by atoms with Crippen molar-refractivity contribution in [1.82, 2.24) is 9.88 Å². The molecule has 2 rings (SSSR count). The third-order valence-corrected chi connectivity index (χ3v) is 3.38. The van der Waals surface area contributed by atoms with Crippen molar-refractivity contribution >= 4 is 11.9 Å². The Balaban J connectivity index is 2.22. The average molecular weight is 280 g/mol. The van der Waals surface area contributed by atoms with Gasteiger partial charge in [0, 0.05) is 13.2 Å². The lowest BCUT2D eigenvalue weighted by molar-refractivity contribution is -0.142. The zero-order valence-corrected chi connectivity index (χ0v) is 11.3. The number of carboxylic acid groups (broad SMARTS) is 1. The van der Waals surface area contributed by atoms with E-state index in [2.05, 4.69) is 4.98 Å². The molecule has 1 fully saturated rings. The van der Waals surface area contributed by atoms with Crippen LogP contribution in [0.1, 0.15) is 10.4 Å². The number of rotatable bonds is 4. The molecule has 0 aromatic carbocycles. The summed E-state index contributed by atoms with van der Waals surface area (Å²) in [5.41, 5.74) is 0.300. The first-order valence-corrected chi connectivity index (χ1v) is 6.13. The fourth-order valence-electron chi connectivity index (χ4n) is 2.22. The molecule has 0 saturated carbocycles. The minimum absolute atomic E-state index is 0.113. The van der Waals surface area contributed by atoms with Crippen molar-refractivity contribution in [2.45, 2.75) is 6.04 Å². The van der Waals surface area contributed by atoms with Gasteiger partial charge in [-0.25, -0.2) is 4.98 Å². The second-order valence-electron chi connectivity index (χ2n) is 4.53. The van der Waals surface area contributed by atoms with Gasteiger partial charge in [-0.15, -0.1) is 0 Å². The predicted octanol–water partition coefficient (Wildman–Crippen LogP) is 0.262. The van der Waals surface area contributed by atoms with Crippen LogP contribution in [0.3, 0.4) is 0 Å². The van der Waals surface area contributed by atoms with Gasteiger partial charge >= 0.3 is 5.97 Å². The smallest absolute Gasteiger partial charge is 0.311 e. The normalized spacial score (nSPS) is 21.5. The van der Waals surface area contributed by atoms with Crippen LogP contribution in [0.15, 0.2) is 18.3 Å². The van der Waals surface area contributed by atoms with Crippen molar-refractivity contribution in [3.8, 4) is 5.88 Å².